The molecule has 108 valence electrons. The van der Waals surface area contributed by atoms with Crippen LogP contribution in [0.15, 0.2) is 4.79 Å². The van der Waals surface area contributed by atoms with Gasteiger partial charge in [-0.1, -0.05) is 25.7 Å². The fourth-order valence-electron chi connectivity index (χ4n) is 3.12. The van der Waals surface area contributed by atoms with E-state index in [1.54, 1.807) is 0 Å². The molecule has 7 nitrogen and oxygen atoms in total. The van der Waals surface area contributed by atoms with E-state index < -0.39 is 0 Å². The molecule has 0 unspecified atom stereocenters. The van der Waals surface area contributed by atoms with Gasteiger partial charge in [-0.2, -0.15) is 4.98 Å². The minimum Gasteiger partial charge on any atom is -0.369 e. The molecule has 0 atom stereocenters. The molecule has 0 aliphatic heterocycles. The molecule has 0 radical (unpaired) electrons. The van der Waals surface area contributed by atoms with Crippen LogP contribution in [0.2, 0.25) is 0 Å². The highest BCUT2D eigenvalue weighted by atomic mass is 16.1. The van der Waals surface area contributed by atoms with Crippen LogP contribution in [0.5, 0.6) is 0 Å². The van der Waals surface area contributed by atoms with Gasteiger partial charge in [0.2, 0.25) is 5.95 Å². The highest BCUT2D eigenvalue weighted by Gasteiger charge is 2.35. The summed E-state index contributed by atoms with van der Waals surface area (Å²) in [5, 5.41) is 0. The molecule has 1 saturated carbocycles. The first-order chi connectivity index (χ1) is 9.64. The Labute approximate surface area is 116 Å². The zero-order valence-corrected chi connectivity index (χ0v) is 11.4. The van der Waals surface area contributed by atoms with Crippen molar-refractivity contribution in [3.05, 3.63) is 16.2 Å². The highest BCUT2D eigenvalue weighted by molar-refractivity contribution is 5.70. The van der Waals surface area contributed by atoms with Crippen molar-refractivity contribution >= 4 is 17.1 Å². The molecule has 0 spiro atoms. The number of fused-ring (bicyclic) bond motifs is 1. The van der Waals surface area contributed by atoms with Gasteiger partial charge in [0.1, 0.15) is 5.82 Å². The van der Waals surface area contributed by atoms with Crippen LogP contribution >= 0.6 is 0 Å². The zero-order chi connectivity index (χ0) is 14.2. The average Bonchev–Trinajstić information content (AvgIpc) is 2.71. The molecular formula is C13H20N6O. The topological polar surface area (TPSA) is 126 Å². The van der Waals surface area contributed by atoms with E-state index in [1.807, 2.05) is 0 Å². The minimum atomic E-state index is -0.285. The molecule has 0 aromatic carbocycles. The van der Waals surface area contributed by atoms with Crippen molar-refractivity contribution < 1.29 is 0 Å². The van der Waals surface area contributed by atoms with Crippen LogP contribution in [0.3, 0.4) is 0 Å². The molecular weight excluding hydrogens is 256 g/mol. The van der Waals surface area contributed by atoms with Gasteiger partial charge in [0.15, 0.2) is 11.2 Å². The first kappa shape index (κ1) is 13.1. The van der Waals surface area contributed by atoms with E-state index in [0.29, 0.717) is 17.7 Å². The standard InChI is InChI=1S/C13H20N6O/c14-7-13(5-3-1-2-4-6-13)11-16-8-9(17-11)18-12(15)19-10(8)20/h1-7,14H2,(H4,15,16,17,18,19,20). The van der Waals surface area contributed by atoms with Gasteiger partial charge >= 0.3 is 0 Å². The lowest BCUT2D eigenvalue weighted by Gasteiger charge is -2.28. The summed E-state index contributed by atoms with van der Waals surface area (Å²) >= 11 is 0. The number of nitrogens with zero attached hydrogens (tertiary/aromatic N) is 2. The predicted octanol–water partition coefficient (Wildman–Crippen LogP) is 0.779. The fraction of sp³-hybridized carbons (Fsp3) is 0.615. The Hall–Kier alpha value is -1.89. The Morgan fingerprint density at radius 2 is 1.80 bits per heavy atom. The van der Waals surface area contributed by atoms with Crippen molar-refractivity contribution in [3.8, 4) is 0 Å². The number of hydrogen-bond donors (Lipinski definition) is 4. The number of H-pyrrole nitrogens is 2. The Morgan fingerprint density at radius 3 is 2.45 bits per heavy atom. The molecule has 7 heteroatoms. The van der Waals surface area contributed by atoms with Gasteiger partial charge in [-0.25, -0.2) is 4.98 Å². The minimum absolute atomic E-state index is 0.0863. The van der Waals surface area contributed by atoms with Gasteiger partial charge in [-0.3, -0.25) is 9.78 Å². The van der Waals surface area contributed by atoms with Crippen molar-refractivity contribution in [1.82, 2.24) is 19.9 Å². The third-order valence-electron chi connectivity index (χ3n) is 4.33. The third-order valence-corrected chi connectivity index (χ3v) is 4.33. The van der Waals surface area contributed by atoms with E-state index in [9.17, 15) is 4.79 Å². The number of aromatic nitrogens is 4. The van der Waals surface area contributed by atoms with Gasteiger partial charge in [0.25, 0.3) is 5.56 Å². The Morgan fingerprint density at radius 1 is 1.10 bits per heavy atom. The van der Waals surface area contributed by atoms with Crippen LogP contribution in [-0.2, 0) is 5.41 Å². The normalized spacial score (nSPS) is 19.1. The number of nitrogens with two attached hydrogens (primary N) is 2. The summed E-state index contributed by atoms with van der Waals surface area (Å²) in [5.74, 6) is 0.865. The van der Waals surface area contributed by atoms with Crippen molar-refractivity contribution in [1.29, 1.82) is 0 Å². The monoisotopic (exact) mass is 276 g/mol. The number of anilines is 1. The van der Waals surface area contributed by atoms with E-state index in [1.165, 1.54) is 12.8 Å². The first-order valence-electron chi connectivity index (χ1n) is 7.11. The van der Waals surface area contributed by atoms with Crippen LogP contribution in [0, 0.1) is 0 Å². The molecule has 2 aromatic rings. The molecule has 2 aromatic heterocycles. The lowest BCUT2D eigenvalue weighted by Crippen LogP contribution is -2.35. The fourth-order valence-corrected chi connectivity index (χ4v) is 3.12. The summed E-state index contributed by atoms with van der Waals surface area (Å²) < 4.78 is 0. The maximum absolute atomic E-state index is 11.9. The second kappa shape index (κ2) is 4.90. The number of rotatable bonds is 2. The predicted molar refractivity (Wildman–Crippen MR) is 77.4 cm³/mol. The summed E-state index contributed by atoms with van der Waals surface area (Å²) in [6, 6.07) is 0. The molecule has 6 N–H and O–H groups in total. The lowest BCUT2D eigenvalue weighted by molar-refractivity contribution is 0.362. The van der Waals surface area contributed by atoms with Crippen molar-refractivity contribution in [2.45, 2.75) is 43.9 Å². The van der Waals surface area contributed by atoms with Crippen LogP contribution in [0.25, 0.3) is 11.2 Å². The molecule has 0 bridgehead atoms. The van der Waals surface area contributed by atoms with Gasteiger partial charge in [0, 0.05) is 12.0 Å². The van der Waals surface area contributed by atoms with Crippen molar-refractivity contribution in [2.75, 3.05) is 12.3 Å². The van der Waals surface area contributed by atoms with Gasteiger partial charge in [0.05, 0.1) is 0 Å². The van der Waals surface area contributed by atoms with Gasteiger partial charge in [-0.05, 0) is 12.8 Å². The van der Waals surface area contributed by atoms with Crippen molar-refractivity contribution in [3.63, 3.8) is 0 Å². The van der Waals surface area contributed by atoms with Crippen LogP contribution in [0.4, 0.5) is 5.95 Å². The highest BCUT2D eigenvalue weighted by Crippen LogP contribution is 2.36. The van der Waals surface area contributed by atoms with Gasteiger partial charge in [-0.15, -0.1) is 0 Å². The molecule has 20 heavy (non-hydrogen) atoms. The quantitative estimate of drug-likeness (QED) is 0.603. The van der Waals surface area contributed by atoms with Crippen LogP contribution in [-0.4, -0.2) is 26.5 Å². The van der Waals surface area contributed by atoms with E-state index in [2.05, 4.69) is 19.9 Å². The maximum atomic E-state index is 11.9. The van der Waals surface area contributed by atoms with Gasteiger partial charge < -0.3 is 16.5 Å². The van der Waals surface area contributed by atoms with E-state index in [4.69, 9.17) is 11.5 Å². The number of nitrogens with one attached hydrogen (secondary N) is 2. The third kappa shape index (κ3) is 2.07. The molecule has 0 saturated heterocycles. The van der Waals surface area contributed by atoms with Crippen LogP contribution < -0.4 is 17.0 Å². The maximum Gasteiger partial charge on any atom is 0.278 e. The number of hydrogen-bond acceptors (Lipinski definition) is 5. The number of imidazole rings is 1. The SMILES string of the molecule is NCC1(c2nc3nc(N)[nH]c(=O)c3[nH]2)CCCCCC1. The zero-order valence-electron chi connectivity index (χ0n) is 11.4. The molecule has 1 aliphatic rings. The first-order valence-corrected chi connectivity index (χ1v) is 7.11. The summed E-state index contributed by atoms with van der Waals surface area (Å²) in [6.45, 7) is 0.528. The second-order valence-electron chi connectivity index (χ2n) is 5.63. The summed E-state index contributed by atoms with van der Waals surface area (Å²) in [4.78, 5) is 26.1. The van der Waals surface area contributed by atoms with E-state index in [-0.39, 0.29) is 16.9 Å². The molecule has 1 fully saturated rings. The Balaban J connectivity index is 2.12. The summed E-state index contributed by atoms with van der Waals surface area (Å²) in [5.41, 5.74) is 11.9. The molecule has 0 amide bonds. The summed E-state index contributed by atoms with van der Waals surface area (Å²) in [7, 11) is 0. The average molecular weight is 276 g/mol. The number of aromatic amines is 2. The largest absolute Gasteiger partial charge is 0.369 e. The number of nitrogen functional groups attached to an aromatic ring is 1. The molecule has 2 heterocycles. The van der Waals surface area contributed by atoms with Crippen LogP contribution in [0.1, 0.15) is 44.3 Å². The Kier molecular flexibility index (Phi) is 3.21. The summed E-state index contributed by atoms with van der Waals surface area (Å²) in [6.07, 6.45) is 6.73. The van der Waals surface area contributed by atoms with Crippen molar-refractivity contribution in [2.24, 2.45) is 5.73 Å². The molecule has 3 rings (SSSR count). The second-order valence-corrected chi connectivity index (χ2v) is 5.63. The molecule has 1 aliphatic carbocycles. The smallest absolute Gasteiger partial charge is 0.278 e. The van der Waals surface area contributed by atoms with E-state index >= 15 is 0 Å². The van der Waals surface area contributed by atoms with E-state index in [0.717, 1.165) is 31.5 Å². The Bertz CT molecular complexity index is 665. The lowest BCUT2D eigenvalue weighted by atomic mass is 9.79.